The molecule has 2 aliphatic rings. The molecule has 2 atom stereocenters. The molecular formula is C14H15N3O3. The first-order valence-electron chi connectivity index (χ1n) is 6.52. The summed E-state index contributed by atoms with van der Waals surface area (Å²) in [5, 5.41) is 5.09. The number of benzene rings is 1. The molecule has 0 aromatic heterocycles. The van der Waals surface area contributed by atoms with Crippen LogP contribution in [0.5, 0.6) is 0 Å². The summed E-state index contributed by atoms with van der Waals surface area (Å²) in [6.07, 6.45) is 0. The van der Waals surface area contributed by atoms with Crippen LogP contribution in [0.3, 0.4) is 0 Å². The Kier molecular flexibility index (Phi) is 2.93. The number of hydrogen-bond donors (Lipinski definition) is 2. The normalized spacial score (nSPS) is 24.6. The van der Waals surface area contributed by atoms with Crippen molar-refractivity contribution in [1.82, 2.24) is 5.32 Å². The molecule has 6 heteroatoms. The van der Waals surface area contributed by atoms with Gasteiger partial charge in [0.1, 0.15) is 0 Å². The van der Waals surface area contributed by atoms with Gasteiger partial charge in [0.05, 0.1) is 11.8 Å². The van der Waals surface area contributed by atoms with Crippen molar-refractivity contribution in [3.63, 3.8) is 0 Å². The molecule has 0 bridgehead atoms. The van der Waals surface area contributed by atoms with Crippen LogP contribution in [0.4, 0.5) is 11.4 Å². The number of nitrogens with one attached hydrogen (secondary N) is 2. The Balaban J connectivity index is 1.80. The lowest BCUT2D eigenvalue weighted by atomic mass is 10.00. The zero-order chi connectivity index (χ0) is 14.3. The van der Waals surface area contributed by atoms with Crippen LogP contribution in [-0.4, -0.2) is 30.8 Å². The molecule has 6 nitrogen and oxygen atoms in total. The van der Waals surface area contributed by atoms with Crippen LogP contribution in [0.2, 0.25) is 0 Å². The number of imide groups is 1. The number of amides is 3. The van der Waals surface area contributed by atoms with E-state index in [4.69, 9.17) is 0 Å². The SMILES string of the molecule is CC(=O)Nc1cccc(N2C[C@@H]3C(=O)NC(=O)[C@@H]3C2)c1. The van der Waals surface area contributed by atoms with Crippen LogP contribution in [-0.2, 0) is 14.4 Å². The molecule has 2 saturated heterocycles. The lowest BCUT2D eigenvalue weighted by Crippen LogP contribution is -2.31. The summed E-state index contributed by atoms with van der Waals surface area (Å²) in [5.41, 5.74) is 1.62. The Hall–Kier alpha value is -2.37. The molecule has 2 aliphatic heterocycles. The summed E-state index contributed by atoms with van der Waals surface area (Å²) in [4.78, 5) is 36.4. The maximum absolute atomic E-state index is 11.6. The number of nitrogens with zero attached hydrogens (tertiary/aromatic N) is 1. The number of anilines is 2. The first-order valence-corrected chi connectivity index (χ1v) is 6.52. The third-order valence-corrected chi connectivity index (χ3v) is 3.77. The molecule has 0 unspecified atom stereocenters. The Morgan fingerprint density at radius 2 is 1.90 bits per heavy atom. The van der Waals surface area contributed by atoms with Gasteiger partial charge in [-0.2, -0.15) is 0 Å². The van der Waals surface area contributed by atoms with Gasteiger partial charge in [-0.25, -0.2) is 0 Å². The predicted octanol–water partition coefficient (Wildman–Crippen LogP) is 0.354. The molecule has 2 fully saturated rings. The van der Waals surface area contributed by atoms with Gasteiger partial charge in [-0.15, -0.1) is 0 Å². The van der Waals surface area contributed by atoms with Crippen molar-refractivity contribution in [3.8, 4) is 0 Å². The average Bonchev–Trinajstić information content (AvgIpc) is 2.92. The first-order chi connectivity index (χ1) is 9.54. The Morgan fingerprint density at radius 3 is 2.50 bits per heavy atom. The molecule has 1 aromatic rings. The third-order valence-electron chi connectivity index (χ3n) is 3.77. The topological polar surface area (TPSA) is 78.5 Å². The number of carbonyl (C=O) groups excluding carboxylic acids is 3. The summed E-state index contributed by atoms with van der Waals surface area (Å²) in [5.74, 6) is -1.00. The van der Waals surface area contributed by atoms with Crippen LogP contribution in [0.15, 0.2) is 24.3 Å². The van der Waals surface area contributed by atoms with Crippen molar-refractivity contribution in [1.29, 1.82) is 0 Å². The minimum atomic E-state index is -0.257. The van der Waals surface area contributed by atoms with Crippen molar-refractivity contribution in [2.24, 2.45) is 11.8 Å². The molecule has 0 saturated carbocycles. The summed E-state index contributed by atoms with van der Waals surface area (Å²) < 4.78 is 0. The zero-order valence-corrected chi connectivity index (χ0v) is 11.1. The van der Waals surface area contributed by atoms with Crippen LogP contribution < -0.4 is 15.5 Å². The van der Waals surface area contributed by atoms with Gasteiger partial charge in [-0.05, 0) is 18.2 Å². The largest absolute Gasteiger partial charge is 0.370 e. The maximum Gasteiger partial charge on any atom is 0.232 e. The van der Waals surface area contributed by atoms with Gasteiger partial charge in [-0.1, -0.05) is 6.07 Å². The number of hydrogen-bond acceptors (Lipinski definition) is 4. The van der Waals surface area contributed by atoms with E-state index in [0.717, 1.165) is 5.69 Å². The van der Waals surface area contributed by atoms with Gasteiger partial charge in [0.2, 0.25) is 17.7 Å². The first kappa shape index (κ1) is 12.7. The number of fused-ring (bicyclic) bond motifs is 1. The lowest BCUT2D eigenvalue weighted by molar-refractivity contribution is -0.126. The molecule has 2 N–H and O–H groups in total. The van der Waals surface area contributed by atoms with Crippen molar-refractivity contribution in [3.05, 3.63) is 24.3 Å². The van der Waals surface area contributed by atoms with E-state index in [9.17, 15) is 14.4 Å². The number of carbonyl (C=O) groups is 3. The second-order valence-electron chi connectivity index (χ2n) is 5.20. The molecule has 2 heterocycles. The van der Waals surface area contributed by atoms with Crippen LogP contribution >= 0.6 is 0 Å². The Labute approximate surface area is 116 Å². The molecule has 0 spiro atoms. The molecule has 3 amide bonds. The van der Waals surface area contributed by atoms with Gasteiger partial charge in [-0.3, -0.25) is 19.7 Å². The van der Waals surface area contributed by atoms with E-state index in [0.29, 0.717) is 18.8 Å². The van der Waals surface area contributed by atoms with E-state index >= 15 is 0 Å². The van der Waals surface area contributed by atoms with Crippen LogP contribution in [0, 0.1) is 11.8 Å². The van der Waals surface area contributed by atoms with E-state index in [1.165, 1.54) is 6.92 Å². The van der Waals surface area contributed by atoms with Gasteiger partial charge < -0.3 is 10.2 Å². The summed E-state index contributed by atoms with van der Waals surface area (Å²) in [6.45, 7) is 2.52. The minimum absolute atomic E-state index is 0.130. The van der Waals surface area contributed by atoms with E-state index in [2.05, 4.69) is 10.6 Å². The summed E-state index contributed by atoms with van der Waals surface area (Å²) in [6, 6.07) is 7.41. The summed E-state index contributed by atoms with van der Waals surface area (Å²) in [7, 11) is 0. The van der Waals surface area contributed by atoms with Crippen LogP contribution in [0.25, 0.3) is 0 Å². The second kappa shape index (κ2) is 4.63. The second-order valence-corrected chi connectivity index (χ2v) is 5.20. The molecular weight excluding hydrogens is 258 g/mol. The van der Waals surface area contributed by atoms with Gasteiger partial charge in [0.25, 0.3) is 0 Å². The van der Waals surface area contributed by atoms with Crippen LogP contribution in [0.1, 0.15) is 6.92 Å². The van der Waals surface area contributed by atoms with Gasteiger partial charge >= 0.3 is 0 Å². The van der Waals surface area contributed by atoms with E-state index < -0.39 is 0 Å². The third kappa shape index (κ3) is 2.13. The molecule has 0 radical (unpaired) electrons. The summed E-state index contributed by atoms with van der Waals surface area (Å²) >= 11 is 0. The molecule has 104 valence electrons. The standard InChI is InChI=1S/C14H15N3O3/c1-8(18)15-9-3-2-4-10(5-9)17-6-11-12(7-17)14(20)16-13(11)19/h2-5,11-12H,6-7H2,1H3,(H,15,18)(H,16,19,20)/t11-,12+. The zero-order valence-electron chi connectivity index (χ0n) is 11.1. The molecule has 0 aliphatic carbocycles. The Morgan fingerprint density at radius 1 is 1.25 bits per heavy atom. The highest BCUT2D eigenvalue weighted by Crippen LogP contribution is 2.32. The fraction of sp³-hybridized carbons (Fsp3) is 0.357. The van der Waals surface area contributed by atoms with Crippen molar-refractivity contribution >= 4 is 29.1 Å². The Bertz CT molecular complexity index is 577. The van der Waals surface area contributed by atoms with Crippen molar-refractivity contribution < 1.29 is 14.4 Å². The predicted molar refractivity (Wildman–Crippen MR) is 73.1 cm³/mol. The lowest BCUT2D eigenvalue weighted by Gasteiger charge is -2.20. The van der Waals surface area contributed by atoms with E-state index in [1.54, 1.807) is 6.07 Å². The van der Waals surface area contributed by atoms with E-state index in [-0.39, 0.29) is 29.6 Å². The van der Waals surface area contributed by atoms with Gasteiger partial charge in [0, 0.05) is 31.4 Å². The van der Waals surface area contributed by atoms with Gasteiger partial charge in [0.15, 0.2) is 0 Å². The molecule has 3 rings (SSSR count). The van der Waals surface area contributed by atoms with Crippen molar-refractivity contribution in [2.45, 2.75) is 6.92 Å². The fourth-order valence-electron chi connectivity index (χ4n) is 2.84. The molecule has 1 aromatic carbocycles. The highest BCUT2D eigenvalue weighted by Gasteiger charge is 2.47. The fourth-order valence-corrected chi connectivity index (χ4v) is 2.84. The monoisotopic (exact) mass is 273 g/mol. The average molecular weight is 273 g/mol. The highest BCUT2D eigenvalue weighted by atomic mass is 16.2. The molecule has 20 heavy (non-hydrogen) atoms. The smallest absolute Gasteiger partial charge is 0.232 e. The highest BCUT2D eigenvalue weighted by molar-refractivity contribution is 6.06. The minimum Gasteiger partial charge on any atom is -0.370 e. The number of rotatable bonds is 2. The van der Waals surface area contributed by atoms with E-state index in [1.807, 2.05) is 23.1 Å². The maximum atomic E-state index is 11.6. The quantitative estimate of drug-likeness (QED) is 0.762. The van der Waals surface area contributed by atoms with Crippen molar-refractivity contribution in [2.75, 3.05) is 23.3 Å².